The minimum absolute atomic E-state index is 0.0760. The van der Waals surface area contributed by atoms with Gasteiger partial charge in [-0.2, -0.15) is 9.36 Å². The average Bonchev–Trinajstić information content (AvgIpc) is 3.25. The van der Waals surface area contributed by atoms with Gasteiger partial charge >= 0.3 is 5.69 Å². The van der Waals surface area contributed by atoms with E-state index in [-0.39, 0.29) is 30.3 Å². The number of amides is 1. The molecular formula is C15H19N5O3S. The van der Waals surface area contributed by atoms with Gasteiger partial charge in [-0.15, -0.1) is 11.3 Å². The Morgan fingerprint density at radius 3 is 3.04 bits per heavy atom. The number of tetrazole rings is 1. The molecule has 0 unspecified atom stereocenters. The summed E-state index contributed by atoms with van der Waals surface area (Å²) in [5.74, 6) is -0.0875. The third kappa shape index (κ3) is 2.78. The largest absolute Gasteiger partial charge is 0.374 e. The van der Waals surface area contributed by atoms with E-state index in [2.05, 4.69) is 10.4 Å². The van der Waals surface area contributed by atoms with E-state index in [1.807, 2.05) is 16.3 Å². The second kappa shape index (κ2) is 6.48. The number of aromatic nitrogens is 4. The normalized spacial score (nSPS) is 23.9. The molecule has 3 heterocycles. The number of nitrogens with zero attached hydrogens (tertiary/aromatic N) is 5. The predicted octanol–water partition coefficient (Wildman–Crippen LogP) is 0.660. The maximum absolute atomic E-state index is 12.7. The lowest BCUT2D eigenvalue weighted by atomic mass is 9.90. The molecule has 0 spiro atoms. The van der Waals surface area contributed by atoms with Gasteiger partial charge in [-0.05, 0) is 40.8 Å². The van der Waals surface area contributed by atoms with Gasteiger partial charge in [-0.25, -0.2) is 4.79 Å². The van der Waals surface area contributed by atoms with Crippen molar-refractivity contribution >= 4 is 17.2 Å². The van der Waals surface area contributed by atoms with Crippen molar-refractivity contribution in [3.8, 4) is 5.00 Å². The van der Waals surface area contributed by atoms with Crippen molar-refractivity contribution in [1.29, 1.82) is 0 Å². The van der Waals surface area contributed by atoms with Gasteiger partial charge in [0, 0.05) is 6.54 Å². The van der Waals surface area contributed by atoms with Gasteiger partial charge in [-0.1, -0.05) is 12.8 Å². The zero-order valence-electron chi connectivity index (χ0n) is 13.2. The van der Waals surface area contributed by atoms with Crippen molar-refractivity contribution in [3.63, 3.8) is 0 Å². The van der Waals surface area contributed by atoms with Gasteiger partial charge in [0.1, 0.15) is 11.5 Å². The van der Waals surface area contributed by atoms with Crippen molar-refractivity contribution in [3.05, 3.63) is 28.0 Å². The van der Waals surface area contributed by atoms with Crippen molar-refractivity contribution in [1.82, 2.24) is 24.7 Å². The summed E-state index contributed by atoms with van der Waals surface area (Å²) in [6.07, 6.45) is 4.37. The van der Waals surface area contributed by atoms with Crippen molar-refractivity contribution in [2.45, 2.75) is 44.4 Å². The van der Waals surface area contributed by atoms with E-state index in [1.165, 1.54) is 16.0 Å². The van der Waals surface area contributed by atoms with E-state index in [0.717, 1.165) is 30.4 Å². The molecule has 1 aliphatic carbocycles. The number of hydrogen-bond acceptors (Lipinski definition) is 6. The highest BCUT2D eigenvalue weighted by Crippen LogP contribution is 2.28. The molecule has 1 saturated heterocycles. The molecule has 2 fully saturated rings. The Hall–Kier alpha value is -2.00. The Morgan fingerprint density at radius 2 is 2.21 bits per heavy atom. The second-order valence-electron chi connectivity index (χ2n) is 6.13. The van der Waals surface area contributed by atoms with E-state index in [1.54, 1.807) is 6.07 Å². The number of carbonyl (C=O) groups excluding carboxylic acids is 1. The molecule has 1 amide bonds. The highest BCUT2D eigenvalue weighted by atomic mass is 32.1. The fraction of sp³-hybridized carbons (Fsp3) is 0.600. The maximum atomic E-state index is 12.7. The number of hydrogen-bond donors (Lipinski definition) is 0. The summed E-state index contributed by atoms with van der Waals surface area (Å²) in [7, 11) is 0. The summed E-state index contributed by atoms with van der Waals surface area (Å²) >= 11 is 1.40. The average molecular weight is 349 g/mol. The third-order valence-electron chi connectivity index (χ3n) is 4.69. The minimum atomic E-state index is -0.390. The molecule has 2 aromatic rings. The summed E-state index contributed by atoms with van der Waals surface area (Å²) in [6, 6.07) is 3.76. The maximum Gasteiger partial charge on any atom is 0.369 e. The van der Waals surface area contributed by atoms with Crippen LogP contribution < -0.4 is 5.69 Å². The first-order valence-corrected chi connectivity index (χ1v) is 9.10. The van der Waals surface area contributed by atoms with Crippen LogP contribution in [-0.4, -0.2) is 55.9 Å². The molecule has 2 aliphatic rings. The highest BCUT2D eigenvalue weighted by molar-refractivity contribution is 7.12. The standard InChI is InChI=1S/C15H19N5O3S/c21-13(18-7-8-23-12-5-2-1-4-11(12)18)10-19-15(22)20(17-16-19)14-6-3-9-24-14/h3,6,9,11-12H,1-2,4-5,7-8,10H2/t11-,12+/m0/s1. The molecular weight excluding hydrogens is 330 g/mol. The molecule has 8 nitrogen and oxygen atoms in total. The van der Waals surface area contributed by atoms with Gasteiger partial charge in [0.25, 0.3) is 0 Å². The molecule has 2 aromatic heterocycles. The summed E-state index contributed by atoms with van der Waals surface area (Å²) in [6.45, 7) is 1.06. The van der Waals surface area contributed by atoms with Crippen LogP contribution in [0.5, 0.6) is 0 Å². The lowest BCUT2D eigenvalue weighted by molar-refractivity contribution is -0.150. The highest BCUT2D eigenvalue weighted by Gasteiger charge is 2.36. The van der Waals surface area contributed by atoms with E-state index in [4.69, 9.17) is 4.74 Å². The van der Waals surface area contributed by atoms with Gasteiger partial charge in [-0.3, -0.25) is 4.79 Å². The fourth-order valence-electron chi connectivity index (χ4n) is 3.53. The first-order chi connectivity index (χ1) is 11.7. The molecule has 128 valence electrons. The second-order valence-corrected chi connectivity index (χ2v) is 7.06. The topological polar surface area (TPSA) is 82.2 Å². The molecule has 0 aromatic carbocycles. The van der Waals surface area contributed by atoms with Crippen molar-refractivity contribution < 1.29 is 9.53 Å². The van der Waals surface area contributed by atoms with E-state index in [9.17, 15) is 9.59 Å². The van der Waals surface area contributed by atoms with Crippen LogP contribution in [0.4, 0.5) is 0 Å². The molecule has 0 bridgehead atoms. The summed E-state index contributed by atoms with van der Waals surface area (Å²) < 4.78 is 8.15. The van der Waals surface area contributed by atoms with Crippen LogP contribution >= 0.6 is 11.3 Å². The Morgan fingerprint density at radius 1 is 1.33 bits per heavy atom. The molecule has 1 saturated carbocycles. The first kappa shape index (κ1) is 15.5. The van der Waals surface area contributed by atoms with Gasteiger partial charge in [0.05, 0.1) is 18.8 Å². The smallest absolute Gasteiger partial charge is 0.369 e. The van der Waals surface area contributed by atoms with Crippen LogP contribution in [0.1, 0.15) is 25.7 Å². The number of morpholine rings is 1. The molecule has 0 N–H and O–H groups in total. The predicted molar refractivity (Wildman–Crippen MR) is 87.2 cm³/mol. The van der Waals surface area contributed by atoms with E-state index < -0.39 is 0 Å². The lowest BCUT2D eigenvalue weighted by Crippen LogP contribution is -2.55. The number of fused-ring (bicyclic) bond motifs is 1. The quantitative estimate of drug-likeness (QED) is 0.813. The monoisotopic (exact) mass is 349 g/mol. The lowest BCUT2D eigenvalue weighted by Gasteiger charge is -2.43. The zero-order chi connectivity index (χ0) is 16.5. The molecule has 4 rings (SSSR count). The minimum Gasteiger partial charge on any atom is -0.374 e. The molecule has 2 atom stereocenters. The number of rotatable bonds is 3. The van der Waals surface area contributed by atoms with Gasteiger partial charge < -0.3 is 9.64 Å². The third-order valence-corrected chi connectivity index (χ3v) is 5.54. The van der Waals surface area contributed by atoms with Crippen LogP contribution in [0.2, 0.25) is 0 Å². The zero-order valence-corrected chi connectivity index (χ0v) is 14.0. The number of ether oxygens (including phenoxy) is 1. The molecule has 24 heavy (non-hydrogen) atoms. The summed E-state index contributed by atoms with van der Waals surface area (Å²) in [5, 5.41) is 10.3. The van der Waals surface area contributed by atoms with Crippen LogP contribution in [0.25, 0.3) is 5.00 Å². The van der Waals surface area contributed by atoms with Crippen molar-refractivity contribution in [2.75, 3.05) is 13.2 Å². The molecule has 9 heteroatoms. The first-order valence-electron chi connectivity index (χ1n) is 8.22. The summed E-state index contributed by atoms with van der Waals surface area (Å²) in [4.78, 5) is 27.0. The SMILES string of the molecule is O=C(Cn1nnn(-c2cccs2)c1=O)N1CCO[C@@H]2CCCC[C@@H]21. The van der Waals surface area contributed by atoms with E-state index in [0.29, 0.717) is 18.2 Å². The summed E-state index contributed by atoms with van der Waals surface area (Å²) in [5.41, 5.74) is -0.390. The number of thiophene rings is 1. The Labute approximate surface area is 142 Å². The Kier molecular flexibility index (Phi) is 4.19. The van der Waals surface area contributed by atoms with Gasteiger partial charge in [0.15, 0.2) is 0 Å². The van der Waals surface area contributed by atoms with E-state index >= 15 is 0 Å². The van der Waals surface area contributed by atoms with Crippen molar-refractivity contribution in [2.24, 2.45) is 0 Å². The Bertz CT molecular complexity index is 766. The van der Waals surface area contributed by atoms with Crippen LogP contribution in [0.3, 0.4) is 0 Å². The van der Waals surface area contributed by atoms with Gasteiger partial charge in [0.2, 0.25) is 5.91 Å². The van der Waals surface area contributed by atoms with Crippen LogP contribution in [0.15, 0.2) is 22.3 Å². The molecule has 0 radical (unpaired) electrons. The fourth-order valence-corrected chi connectivity index (χ4v) is 4.20. The van der Waals surface area contributed by atoms with Crippen LogP contribution in [-0.2, 0) is 16.1 Å². The number of carbonyl (C=O) groups is 1. The Balaban J connectivity index is 1.51. The van der Waals surface area contributed by atoms with Crippen LogP contribution in [0, 0.1) is 0 Å². The molecule has 1 aliphatic heterocycles.